The van der Waals surface area contributed by atoms with Crippen molar-refractivity contribution in [2.45, 2.75) is 43.9 Å². The van der Waals surface area contributed by atoms with Crippen molar-refractivity contribution in [2.24, 2.45) is 0 Å². The summed E-state index contributed by atoms with van der Waals surface area (Å²) in [6.45, 7) is 5.20. The molecule has 0 saturated heterocycles. The quantitative estimate of drug-likeness (QED) is 0.260. The summed E-state index contributed by atoms with van der Waals surface area (Å²) >= 11 is 0. The summed E-state index contributed by atoms with van der Waals surface area (Å²) in [5, 5.41) is 12.4. The number of aliphatic hydroxyl groups excluding tert-OH is 1. The number of aromatic nitrogens is 2. The van der Waals surface area contributed by atoms with Crippen LogP contribution in [0, 0.1) is 0 Å². The third-order valence-corrected chi connectivity index (χ3v) is 10.4. The molecule has 2 N–H and O–H groups in total. The number of alkyl halides is 2. The van der Waals surface area contributed by atoms with Crippen molar-refractivity contribution in [3.05, 3.63) is 116 Å². The number of carbonyl (C=O) groups excluding carboxylic acids is 1. The first-order valence-electron chi connectivity index (χ1n) is 14.3. The Morgan fingerprint density at radius 2 is 1.80 bits per heavy atom. The molecule has 226 valence electrons. The van der Waals surface area contributed by atoms with Crippen LogP contribution in [0.25, 0.3) is 34.2 Å². The molecule has 2 aromatic heterocycles. The number of sulfone groups is 1. The Bertz CT molecular complexity index is 2190. The van der Waals surface area contributed by atoms with Crippen molar-refractivity contribution in [3.63, 3.8) is 0 Å². The summed E-state index contributed by atoms with van der Waals surface area (Å²) in [4.78, 5) is 29.8. The maximum absolute atomic E-state index is 15.0. The fourth-order valence-corrected chi connectivity index (χ4v) is 7.30. The van der Waals surface area contributed by atoms with E-state index in [-0.39, 0.29) is 40.1 Å². The first-order valence-corrected chi connectivity index (χ1v) is 16.0. The molecule has 0 aliphatic heterocycles. The lowest BCUT2D eigenvalue weighted by molar-refractivity contribution is -0.00816. The second-order valence-corrected chi connectivity index (χ2v) is 13.5. The van der Waals surface area contributed by atoms with Gasteiger partial charge >= 0.3 is 0 Å². The lowest BCUT2D eigenvalue weighted by Crippen LogP contribution is -2.24. The fourth-order valence-electron chi connectivity index (χ4n) is 5.71. The molecule has 1 fully saturated rings. The van der Waals surface area contributed by atoms with Gasteiger partial charge in [-0.1, -0.05) is 43.8 Å². The predicted octanol–water partition coefficient (Wildman–Crippen LogP) is 4.90. The molecule has 0 bridgehead atoms. The minimum atomic E-state index is -3.79. The molecule has 2 aliphatic rings. The first-order chi connectivity index (χ1) is 20.9. The second-order valence-electron chi connectivity index (χ2n) is 11.3. The summed E-state index contributed by atoms with van der Waals surface area (Å²) in [5.41, 5.74) is 0.125. The van der Waals surface area contributed by atoms with Gasteiger partial charge in [0.15, 0.2) is 15.6 Å². The van der Waals surface area contributed by atoms with E-state index >= 15 is 0 Å². The zero-order valence-electron chi connectivity index (χ0n) is 23.9. The number of aliphatic hydroxyl groups is 1. The van der Waals surface area contributed by atoms with Crippen LogP contribution in [0.15, 0.2) is 89.1 Å². The number of hydrogen-bond acceptors (Lipinski definition) is 5. The van der Waals surface area contributed by atoms with Crippen molar-refractivity contribution in [3.8, 4) is 11.1 Å². The number of pyridine rings is 1. The van der Waals surface area contributed by atoms with E-state index in [0.29, 0.717) is 29.5 Å². The number of Topliss-reactive ketones (excluding diaryl/α,β-unsaturated/α-hetero) is 1. The molecule has 2 aliphatic carbocycles. The second kappa shape index (κ2) is 10.9. The van der Waals surface area contributed by atoms with Crippen LogP contribution in [0.1, 0.15) is 42.2 Å². The number of hydrogen-bond donors (Lipinski definition) is 2. The van der Waals surface area contributed by atoms with Crippen LogP contribution >= 0.6 is 0 Å². The van der Waals surface area contributed by atoms with Crippen molar-refractivity contribution in [1.29, 1.82) is 0 Å². The number of benzene rings is 2. The summed E-state index contributed by atoms with van der Waals surface area (Å²) in [6, 6.07) is 14.4. The fraction of sp³-hybridized carbons (Fsp3) is 0.235. The maximum Gasteiger partial charge on any atom is 0.273 e. The summed E-state index contributed by atoms with van der Waals surface area (Å²) in [6.07, 6.45) is 5.34. The van der Waals surface area contributed by atoms with E-state index < -0.39 is 44.5 Å². The average molecular weight is 617 g/mol. The Labute approximate surface area is 252 Å². The molecule has 44 heavy (non-hydrogen) atoms. The minimum Gasteiger partial charge on any atom is -0.507 e. The smallest absolute Gasteiger partial charge is 0.273 e. The zero-order valence-corrected chi connectivity index (χ0v) is 24.8. The Morgan fingerprint density at radius 3 is 2.45 bits per heavy atom. The van der Waals surface area contributed by atoms with Crippen molar-refractivity contribution < 1.29 is 27.1 Å². The molecule has 0 amide bonds. The van der Waals surface area contributed by atoms with Crippen LogP contribution in [0.5, 0.6) is 0 Å². The SMILES string of the molecule is C=C1C=c2ccccc2=CC(Cn2c(C(=O)CS(=O)(=O)C3CC3)c(-c3ccc[nH]c3=O)c3cc(C(F)(F)CC)ccc32)=C1O. The van der Waals surface area contributed by atoms with Crippen LogP contribution in [0.4, 0.5) is 8.78 Å². The van der Waals surface area contributed by atoms with Gasteiger partial charge in [0.05, 0.1) is 17.5 Å². The zero-order chi connectivity index (χ0) is 31.4. The molecular formula is C34H30F2N2O5S. The molecular weight excluding hydrogens is 586 g/mol. The predicted molar refractivity (Wildman–Crippen MR) is 167 cm³/mol. The van der Waals surface area contributed by atoms with Crippen LogP contribution in [0.2, 0.25) is 0 Å². The van der Waals surface area contributed by atoms with E-state index in [2.05, 4.69) is 11.6 Å². The lowest BCUT2D eigenvalue weighted by atomic mass is 9.98. The van der Waals surface area contributed by atoms with Gasteiger partial charge in [0.1, 0.15) is 11.5 Å². The van der Waals surface area contributed by atoms with Gasteiger partial charge in [-0.05, 0) is 59.7 Å². The Hall–Kier alpha value is -4.57. The van der Waals surface area contributed by atoms with E-state index in [1.807, 2.05) is 24.3 Å². The third kappa shape index (κ3) is 5.23. The average Bonchev–Trinajstić information content (AvgIpc) is 3.82. The number of ketones is 1. The van der Waals surface area contributed by atoms with E-state index in [9.17, 15) is 31.9 Å². The summed E-state index contributed by atoms with van der Waals surface area (Å²) in [7, 11) is -3.79. The lowest BCUT2D eigenvalue weighted by Gasteiger charge is -2.15. The van der Waals surface area contributed by atoms with Gasteiger partial charge in [0, 0.05) is 51.4 Å². The molecule has 7 nitrogen and oxygen atoms in total. The standard InChI is InChI=1S/C34H30F2N2O5S/c1-3-34(35,36)24-10-13-28-27(17-24)30(26-9-6-14-37-33(26)41)31(29(39)19-44(42,43)25-11-12-25)38(28)18-23-16-22-8-5-4-7-21(22)15-20(2)32(23)40/h4-10,13-17,25,40H,2-3,11-12,18-19H2,1H3,(H,37,41). The number of carbonyl (C=O) groups is 1. The van der Waals surface area contributed by atoms with Crippen LogP contribution < -0.4 is 16.0 Å². The number of nitrogens with zero attached hydrogens (tertiary/aromatic N) is 1. The van der Waals surface area contributed by atoms with Gasteiger partial charge in [-0.3, -0.25) is 9.59 Å². The van der Waals surface area contributed by atoms with E-state index in [4.69, 9.17) is 0 Å². The molecule has 10 heteroatoms. The highest BCUT2D eigenvalue weighted by Gasteiger charge is 2.39. The number of halogens is 2. The van der Waals surface area contributed by atoms with E-state index in [1.165, 1.54) is 42.0 Å². The van der Waals surface area contributed by atoms with Crippen molar-refractivity contribution >= 4 is 38.7 Å². The van der Waals surface area contributed by atoms with Crippen molar-refractivity contribution in [1.82, 2.24) is 9.55 Å². The molecule has 0 unspecified atom stereocenters. The highest BCUT2D eigenvalue weighted by atomic mass is 32.2. The van der Waals surface area contributed by atoms with Gasteiger partial charge in [-0.2, -0.15) is 0 Å². The molecule has 2 aromatic carbocycles. The topological polar surface area (TPSA) is 109 Å². The Morgan fingerprint density at radius 1 is 1.09 bits per heavy atom. The number of H-pyrrole nitrogens is 1. The van der Waals surface area contributed by atoms with Crippen LogP contribution in [0.3, 0.4) is 0 Å². The number of fused-ring (bicyclic) bond motifs is 2. The monoisotopic (exact) mass is 616 g/mol. The largest absolute Gasteiger partial charge is 0.507 e. The van der Waals surface area contributed by atoms with Crippen molar-refractivity contribution in [2.75, 3.05) is 5.75 Å². The number of nitrogens with one attached hydrogen (secondary N) is 1. The molecule has 1 saturated carbocycles. The molecule has 0 spiro atoms. The maximum atomic E-state index is 15.0. The molecule has 0 radical (unpaired) electrons. The normalized spacial score (nSPS) is 15.5. The Balaban J connectivity index is 1.67. The highest BCUT2D eigenvalue weighted by molar-refractivity contribution is 7.93. The van der Waals surface area contributed by atoms with E-state index in [0.717, 1.165) is 10.4 Å². The van der Waals surface area contributed by atoms with Gasteiger partial charge < -0.3 is 14.7 Å². The minimum absolute atomic E-state index is 0.0338. The summed E-state index contributed by atoms with van der Waals surface area (Å²) in [5.74, 6) is -4.90. The molecule has 4 aromatic rings. The molecule has 2 heterocycles. The third-order valence-electron chi connectivity index (χ3n) is 8.24. The Kier molecular flexibility index (Phi) is 7.28. The number of aromatic amines is 1. The van der Waals surface area contributed by atoms with Crippen LogP contribution in [-0.4, -0.2) is 39.9 Å². The van der Waals surface area contributed by atoms with E-state index in [1.54, 1.807) is 18.2 Å². The molecule has 6 rings (SSSR count). The number of allylic oxidation sites excluding steroid dienone is 2. The van der Waals surface area contributed by atoms with Gasteiger partial charge in [-0.25, -0.2) is 17.2 Å². The first kappa shape index (κ1) is 29.5. The summed E-state index contributed by atoms with van der Waals surface area (Å²) < 4.78 is 57.6. The number of rotatable bonds is 9. The van der Waals surface area contributed by atoms with Gasteiger partial charge in [0.25, 0.3) is 11.5 Å². The highest BCUT2D eigenvalue weighted by Crippen LogP contribution is 2.40. The van der Waals surface area contributed by atoms with Crippen LogP contribution in [-0.2, 0) is 22.3 Å². The van der Waals surface area contributed by atoms with Gasteiger partial charge in [-0.15, -0.1) is 0 Å². The molecule has 0 atom stereocenters. The van der Waals surface area contributed by atoms with Gasteiger partial charge in [0.2, 0.25) is 0 Å².